The summed E-state index contributed by atoms with van der Waals surface area (Å²) in [6.45, 7) is 4.93. The molecule has 0 radical (unpaired) electrons. The molecule has 0 unspecified atom stereocenters. The van der Waals surface area contributed by atoms with Gasteiger partial charge in [0, 0.05) is 26.2 Å². The summed E-state index contributed by atoms with van der Waals surface area (Å²) in [6.07, 6.45) is 0. The van der Waals surface area contributed by atoms with Crippen molar-refractivity contribution in [2.75, 3.05) is 31.1 Å². The number of anilines is 1. The molecule has 16 heavy (non-hydrogen) atoms. The van der Waals surface area contributed by atoms with E-state index < -0.39 is 0 Å². The molecule has 3 nitrogen and oxygen atoms in total. The highest BCUT2D eigenvalue weighted by atomic mass is 19.1. The topological polar surface area (TPSA) is 30.3 Å². The van der Waals surface area contributed by atoms with Crippen LogP contribution < -0.4 is 4.90 Å². The first-order chi connectivity index (χ1) is 7.68. The average molecular weight is 221 g/mol. The Bertz CT molecular complexity index is 384. The van der Waals surface area contributed by atoms with E-state index in [0.29, 0.717) is 11.5 Å². The maximum Gasteiger partial charge on any atom is 0.146 e. The lowest BCUT2D eigenvalue weighted by molar-refractivity contribution is 0.380. The Morgan fingerprint density at radius 3 is 2.38 bits per heavy atom. The van der Waals surface area contributed by atoms with Gasteiger partial charge in [-0.2, -0.15) is 0 Å². The van der Waals surface area contributed by atoms with Crippen LogP contribution in [0.15, 0.2) is 24.3 Å². The highest BCUT2D eigenvalue weighted by Gasteiger charge is 2.18. The smallest absolute Gasteiger partial charge is 0.146 e. The average Bonchev–Trinajstić information content (AvgIpc) is 2.30. The van der Waals surface area contributed by atoms with E-state index in [1.54, 1.807) is 13.0 Å². The highest BCUT2D eigenvalue weighted by molar-refractivity contribution is 5.76. The third-order valence-corrected chi connectivity index (χ3v) is 2.95. The molecule has 1 aromatic rings. The van der Waals surface area contributed by atoms with E-state index in [4.69, 9.17) is 5.41 Å². The van der Waals surface area contributed by atoms with Crippen LogP contribution in [0, 0.1) is 11.2 Å². The molecule has 0 aromatic heterocycles. The van der Waals surface area contributed by atoms with Gasteiger partial charge in [0.1, 0.15) is 5.82 Å². The van der Waals surface area contributed by atoms with Gasteiger partial charge in [0.15, 0.2) is 0 Å². The predicted octanol–water partition coefficient (Wildman–Crippen LogP) is 1.94. The summed E-state index contributed by atoms with van der Waals surface area (Å²) in [6, 6.07) is 6.86. The standard InChI is InChI=1S/C12H16FN3/c1-10(14)15-6-8-16(9-7-15)12-5-3-2-4-11(12)13/h2-5,14H,6-9H2,1H3. The Balaban J connectivity index is 2.05. The second-order valence-electron chi connectivity index (χ2n) is 4.01. The molecule has 2 rings (SSSR count). The van der Waals surface area contributed by atoms with Crippen LogP contribution >= 0.6 is 0 Å². The number of rotatable bonds is 1. The number of benzene rings is 1. The van der Waals surface area contributed by atoms with Gasteiger partial charge in [-0.05, 0) is 19.1 Å². The highest BCUT2D eigenvalue weighted by Crippen LogP contribution is 2.19. The molecule has 86 valence electrons. The van der Waals surface area contributed by atoms with Crippen LogP contribution in [-0.4, -0.2) is 36.9 Å². The van der Waals surface area contributed by atoms with Crippen molar-refractivity contribution >= 4 is 11.5 Å². The quantitative estimate of drug-likeness (QED) is 0.580. The fourth-order valence-electron chi connectivity index (χ4n) is 1.99. The Hall–Kier alpha value is -1.58. The van der Waals surface area contributed by atoms with Crippen molar-refractivity contribution < 1.29 is 4.39 Å². The minimum atomic E-state index is -0.164. The van der Waals surface area contributed by atoms with Crippen LogP contribution in [0.1, 0.15) is 6.92 Å². The van der Waals surface area contributed by atoms with Crippen LogP contribution in [0.5, 0.6) is 0 Å². The monoisotopic (exact) mass is 221 g/mol. The van der Waals surface area contributed by atoms with Crippen LogP contribution in [0.4, 0.5) is 10.1 Å². The van der Waals surface area contributed by atoms with Crippen molar-refractivity contribution in [2.24, 2.45) is 0 Å². The normalized spacial score (nSPS) is 16.4. The number of nitrogens with one attached hydrogen (secondary N) is 1. The van der Waals surface area contributed by atoms with Crippen molar-refractivity contribution in [3.05, 3.63) is 30.1 Å². The van der Waals surface area contributed by atoms with Crippen LogP contribution in [0.3, 0.4) is 0 Å². The van der Waals surface area contributed by atoms with Crippen molar-refractivity contribution in [2.45, 2.75) is 6.92 Å². The van der Waals surface area contributed by atoms with E-state index in [2.05, 4.69) is 0 Å². The molecule has 1 aliphatic heterocycles. The second-order valence-corrected chi connectivity index (χ2v) is 4.01. The van der Waals surface area contributed by atoms with E-state index in [1.165, 1.54) is 6.07 Å². The van der Waals surface area contributed by atoms with Gasteiger partial charge in [-0.25, -0.2) is 4.39 Å². The summed E-state index contributed by atoms with van der Waals surface area (Å²) in [7, 11) is 0. The summed E-state index contributed by atoms with van der Waals surface area (Å²) in [5.74, 6) is 0.427. The maximum atomic E-state index is 13.5. The summed E-state index contributed by atoms with van der Waals surface area (Å²) in [4.78, 5) is 4.05. The maximum absolute atomic E-state index is 13.5. The molecule has 0 bridgehead atoms. The first-order valence-electron chi connectivity index (χ1n) is 5.48. The van der Waals surface area contributed by atoms with E-state index in [-0.39, 0.29) is 5.82 Å². The summed E-state index contributed by atoms with van der Waals surface area (Å²) in [5.41, 5.74) is 0.671. The number of hydrogen-bond acceptors (Lipinski definition) is 2. The number of para-hydroxylation sites is 1. The Morgan fingerprint density at radius 2 is 1.81 bits per heavy atom. The summed E-state index contributed by atoms with van der Waals surface area (Å²) in [5, 5.41) is 7.53. The van der Waals surface area contributed by atoms with Crippen LogP contribution in [0.2, 0.25) is 0 Å². The van der Waals surface area contributed by atoms with Gasteiger partial charge in [0.25, 0.3) is 0 Å². The Labute approximate surface area is 95.0 Å². The third-order valence-electron chi connectivity index (χ3n) is 2.95. The van der Waals surface area contributed by atoms with Crippen LogP contribution in [-0.2, 0) is 0 Å². The van der Waals surface area contributed by atoms with Gasteiger partial charge in [-0.1, -0.05) is 12.1 Å². The molecule has 1 fully saturated rings. The van der Waals surface area contributed by atoms with E-state index in [0.717, 1.165) is 26.2 Å². The molecular formula is C12H16FN3. The van der Waals surface area contributed by atoms with Gasteiger partial charge in [-0.3, -0.25) is 5.41 Å². The molecule has 1 aromatic carbocycles. The number of halogens is 1. The second kappa shape index (κ2) is 4.51. The van der Waals surface area contributed by atoms with E-state index in [1.807, 2.05) is 21.9 Å². The number of amidine groups is 1. The first kappa shape index (κ1) is 10.9. The van der Waals surface area contributed by atoms with Crippen molar-refractivity contribution in [3.8, 4) is 0 Å². The lowest BCUT2D eigenvalue weighted by Crippen LogP contribution is -2.48. The predicted molar refractivity (Wildman–Crippen MR) is 63.6 cm³/mol. The fraction of sp³-hybridized carbons (Fsp3) is 0.417. The third kappa shape index (κ3) is 2.15. The molecule has 0 saturated carbocycles. The van der Waals surface area contributed by atoms with Gasteiger partial charge < -0.3 is 9.80 Å². The van der Waals surface area contributed by atoms with Crippen molar-refractivity contribution in [1.82, 2.24) is 4.90 Å². The van der Waals surface area contributed by atoms with Gasteiger partial charge in [-0.15, -0.1) is 0 Å². The molecule has 1 N–H and O–H groups in total. The van der Waals surface area contributed by atoms with Crippen molar-refractivity contribution in [3.63, 3.8) is 0 Å². The van der Waals surface area contributed by atoms with E-state index in [9.17, 15) is 4.39 Å². The molecule has 0 spiro atoms. The Kier molecular flexibility index (Phi) is 3.08. The largest absolute Gasteiger partial charge is 0.366 e. The molecule has 1 heterocycles. The SMILES string of the molecule is CC(=N)N1CCN(c2ccccc2F)CC1. The van der Waals surface area contributed by atoms with Crippen LogP contribution in [0.25, 0.3) is 0 Å². The lowest BCUT2D eigenvalue weighted by Gasteiger charge is -2.36. The summed E-state index contributed by atoms with van der Waals surface area (Å²) < 4.78 is 13.5. The molecule has 0 aliphatic carbocycles. The molecule has 4 heteroatoms. The van der Waals surface area contributed by atoms with Crippen molar-refractivity contribution in [1.29, 1.82) is 5.41 Å². The lowest BCUT2D eigenvalue weighted by atomic mass is 10.2. The minimum Gasteiger partial charge on any atom is -0.366 e. The molecular weight excluding hydrogens is 205 g/mol. The minimum absolute atomic E-state index is 0.164. The molecule has 0 atom stereocenters. The Morgan fingerprint density at radius 1 is 1.19 bits per heavy atom. The zero-order valence-electron chi connectivity index (χ0n) is 9.41. The number of hydrogen-bond donors (Lipinski definition) is 1. The zero-order chi connectivity index (χ0) is 11.5. The number of nitrogens with zero attached hydrogens (tertiary/aromatic N) is 2. The molecule has 1 saturated heterocycles. The number of piperazine rings is 1. The van der Waals surface area contributed by atoms with E-state index >= 15 is 0 Å². The van der Waals surface area contributed by atoms with Gasteiger partial charge in [0.2, 0.25) is 0 Å². The molecule has 0 amide bonds. The molecule has 1 aliphatic rings. The van der Waals surface area contributed by atoms with Gasteiger partial charge in [0.05, 0.1) is 11.5 Å². The fourth-order valence-corrected chi connectivity index (χ4v) is 1.99. The first-order valence-corrected chi connectivity index (χ1v) is 5.48. The zero-order valence-corrected chi connectivity index (χ0v) is 9.41. The summed E-state index contributed by atoms with van der Waals surface area (Å²) >= 11 is 0. The van der Waals surface area contributed by atoms with Gasteiger partial charge >= 0.3 is 0 Å².